The molecule has 0 spiro atoms. The number of benzene rings is 1. The highest BCUT2D eigenvalue weighted by atomic mass is 79.9. The summed E-state index contributed by atoms with van der Waals surface area (Å²) in [7, 11) is 1.83. The molecule has 20 heavy (non-hydrogen) atoms. The van der Waals surface area contributed by atoms with Gasteiger partial charge in [-0.1, -0.05) is 28.1 Å². The number of likely N-dealkylation sites (N-methyl/N-ethyl adjacent to an activating group) is 1. The van der Waals surface area contributed by atoms with Crippen molar-refractivity contribution in [3.63, 3.8) is 0 Å². The molecule has 0 aliphatic heterocycles. The molecule has 2 nitrogen and oxygen atoms in total. The van der Waals surface area contributed by atoms with Gasteiger partial charge in [-0.05, 0) is 47.7 Å². The number of halogens is 1. The Balaban J connectivity index is 1.99. The summed E-state index contributed by atoms with van der Waals surface area (Å²) >= 11 is 5.11. The van der Waals surface area contributed by atoms with Gasteiger partial charge in [-0.15, -0.1) is 11.3 Å². The molecule has 0 saturated heterocycles. The molecule has 0 aliphatic carbocycles. The Morgan fingerprint density at radius 3 is 2.85 bits per heavy atom. The minimum Gasteiger partial charge on any atom is -0.337 e. The van der Waals surface area contributed by atoms with Crippen LogP contribution in [0.2, 0.25) is 0 Å². The van der Waals surface area contributed by atoms with Crippen molar-refractivity contribution in [2.24, 2.45) is 0 Å². The first-order chi connectivity index (χ1) is 9.56. The van der Waals surface area contributed by atoms with Crippen LogP contribution in [0, 0.1) is 6.92 Å². The maximum Gasteiger partial charge on any atom is 0.246 e. The summed E-state index contributed by atoms with van der Waals surface area (Å²) in [5.74, 6) is 0.0118. The van der Waals surface area contributed by atoms with Crippen LogP contribution < -0.4 is 0 Å². The maximum absolute atomic E-state index is 12.1. The molecule has 1 aromatic heterocycles. The standard InChI is InChI=1S/C16H16BrNOS/c1-12-8-9-20-15(12)11-18(2)16(19)7-6-13-4-3-5-14(17)10-13/h3-10H,11H2,1-2H3/b7-6+. The molecule has 0 aliphatic rings. The lowest BCUT2D eigenvalue weighted by atomic mass is 10.2. The van der Waals surface area contributed by atoms with Crippen LogP contribution in [0.25, 0.3) is 6.08 Å². The lowest BCUT2D eigenvalue weighted by Crippen LogP contribution is -2.23. The van der Waals surface area contributed by atoms with E-state index in [-0.39, 0.29) is 5.91 Å². The van der Waals surface area contributed by atoms with Crippen LogP contribution in [0.3, 0.4) is 0 Å². The summed E-state index contributed by atoms with van der Waals surface area (Å²) in [6.45, 7) is 2.73. The van der Waals surface area contributed by atoms with Crippen molar-refractivity contribution in [1.29, 1.82) is 0 Å². The second-order valence-corrected chi connectivity index (χ2v) is 6.53. The summed E-state index contributed by atoms with van der Waals surface area (Å²) in [5, 5.41) is 2.06. The van der Waals surface area contributed by atoms with Gasteiger partial charge in [0.25, 0.3) is 0 Å². The lowest BCUT2D eigenvalue weighted by Gasteiger charge is -2.14. The Bertz CT molecular complexity index is 633. The van der Waals surface area contributed by atoms with Gasteiger partial charge in [0.1, 0.15) is 0 Å². The summed E-state index contributed by atoms with van der Waals surface area (Å²) in [6.07, 6.45) is 3.45. The van der Waals surface area contributed by atoms with E-state index in [0.29, 0.717) is 6.54 Å². The third kappa shape index (κ3) is 4.05. The van der Waals surface area contributed by atoms with Crippen molar-refractivity contribution in [2.45, 2.75) is 13.5 Å². The maximum atomic E-state index is 12.1. The number of nitrogens with zero attached hydrogens (tertiary/aromatic N) is 1. The zero-order valence-electron chi connectivity index (χ0n) is 11.5. The number of thiophene rings is 1. The number of aryl methyl sites for hydroxylation is 1. The zero-order chi connectivity index (χ0) is 14.5. The third-order valence-electron chi connectivity index (χ3n) is 2.99. The zero-order valence-corrected chi connectivity index (χ0v) is 13.9. The molecule has 0 N–H and O–H groups in total. The lowest BCUT2D eigenvalue weighted by molar-refractivity contribution is -0.125. The van der Waals surface area contributed by atoms with Gasteiger partial charge in [0, 0.05) is 22.5 Å². The van der Waals surface area contributed by atoms with Crippen molar-refractivity contribution in [1.82, 2.24) is 4.90 Å². The molecule has 2 rings (SSSR count). The van der Waals surface area contributed by atoms with E-state index in [2.05, 4.69) is 34.3 Å². The quantitative estimate of drug-likeness (QED) is 0.744. The van der Waals surface area contributed by atoms with Gasteiger partial charge in [0.15, 0.2) is 0 Å². The molecular weight excluding hydrogens is 334 g/mol. The molecule has 0 atom stereocenters. The van der Waals surface area contributed by atoms with Crippen molar-refractivity contribution in [3.05, 3.63) is 62.3 Å². The number of hydrogen-bond donors (Lipinski definition) is 0. The Kier molecular flexibility index (Phi) is 5.15. The molecule has 0 radical (unpaired) electrons. The van der Waals surface area contributed by atoms with E-state index in [0.717, 1.165) is 10.0 Å². The highest BCUT2D eigenvalue weighted by Crippen LogP contribution is 2.17. The monoisotopic (exact) mass is 349 g/mol. The van der Waals surface area contributed by atoms with Crippen LogP contribution in [-0.4, -0.2) is 17.9 Å². The molecular formula is C16H16BrNOS. The average Bonchev–Trinajstić information content (AvgIpc) is 2.81. The minimum absolute atomic E-state index is 0.0118. The van der Waals surface area contributed by atoms with Crippen LogP contribution >= 0.6 is 27.3 Å². The van der Waals surface area contributed by atoms with Gasteiger partial charge < -0.3 is 4.90 Å². The average molecular weight is 350 g/mol. The highest BCUT2D eigenvalue weighted by Gasteiger charge is 2.08. The predicted molar refractivity (Wildman–Crippen MR) is 88.7 cm³/mol. The Hall–Kier alpha value is -1.39. The van der Waals surface area contributed by atoms with Gasteiger partial charge in [-0.2, -0.15) is 0 Å². The van der Waals surface area contributed by atoms with Gasteiger partial charge in [0.2, 0.25) is 5.91 Å². The van der Waals surface area contributed by atoms with E-state index in [1.165, 1.54) is 10.4 Å². The molecule has 0 bridgehead atoms. The Labute approximate surface area is 131 Å². The summed E-state index contributed by atoms with van der Waals surface area (Å²) in [4.78, 5) is 15.0. The second-order valence-electron chi connectivity index (χ2n) is 4.61. The SMILES string of the molecule is Cc1ccsc1CN(C)C(=O)/C=C/c1cccc(Br)c1. The van der Waals surface area contributed by atoms with Gasteiger partial charge >= 0.3 is 0 Å². The minimum atomic E-state index is 0.0118. The predicted octanol–water partition coefficient (Wildman–Crippen LogP) is 4.49. The van der Waals surface area contributed by atoms with Crippen LogP contribution in [0.1, 0.15) is 16.0 Å². The van der Waals surface area contributed by atoms with E-state index in [1.807, 2.05) is 37.4 Å². The van der Waals surface area contributed by atoms with E-state index in [4.69, 9.17) is 0 Å². The van der Waals surface area contributed by atoms with Crippen molar-refractivity contribution in [3.8, 4) is 0 Å². The van der Waals surface area contributed by atoms with Crippen LogP contribution in [0.5, 0.6) is 0 Å². The third-order valence-corrected chi connectivity index (χ3v) is 4.49. The van der Waals surface area contributed by atoms with E-state index in [1.54, 1.807) is 22.3 Å². The van der Waals surface area contributed by atoms with Crippen molar-refractivity contribution >= 4 is 39.2 Å². The molecule has 1 aromatic carbocycles. The number of amides is 1. The van der Waals surface area contributed by atoms with Crippen molar-refractivity contribution in [2.75, 3.05) is 7.05 Å². The number of carbonyl (C=O) groups is 1. The topological polar surface area (TPSA) is 20.3 Å². The molecule has 104 valence electrons. The smallest absolute Gasteiger partial charge is 0.246 e. The molecule has 4 heteroatoms. The first-order valence-corrected chi connectivity index (χ1v) is 7.95. The van der Waals surface area contributed by atoms with E-state index >= 15 is 0 Å². The fraction of sp³-hybridized carbons (Fsp3) is 0.188. The van der Waals surface area contributed by atoms with E-state index in [9.17, 15) is 4.79 Å². The normalized spacial score (nSPS) is 10.9. The number of carbonyl (C=O) groups excluding carboxylic acids is 1. The summed E-state index contributed by atoms with van der Waals surface area (Å²) in [5.41, 5.74) is 2.25. The van der Waals surface area contributed by atoms with E-state index < -0.39 is 0 Å². The molecule has 2 aromatic rings. The molecule has 0 unspecified atom stereocenters. The molecule has 0 fully saturated rings. The van der Waals surface area contributed by atoms with Crippen LogP contribution in [0.15, 0.2) is 46.3 Å². The van der Waals surface area contributed by atoms with Gasteiger partial charge in [-0.3, -0.25) is 4.79 Å². The Morgan fingerprint density at radius 1 is 1.40 bits per heavy atom. The molecule has 0 saturated carbocycles. The van der Waals surface area contributed by atoms with Gasteiger partial charge in [-0.25, -0.2) is 0 Å². The summed E-state index contributed by atoms with van der Waals surface area (Å²) < 4.78 is 1.01. The van der Waals surface area contributed by atoms with Crippen molar-refractivity contribution < 1.29 is 4.79 Å². The fourth-order valence-electron chi connectivity index (χ4n) is 1.76. The summed E-state index contributed by atoms with van der Waals surface area (Å²) in [6, 6.07) is 9.94. The molecule has 1 heterocycles. The first kappa shape index (κ1) is 15.0. The molecule has 1 amide bonds. The Morgan fingerprint density at radius 2 is 2.20 bits per heavy atom. The fourth-order valence-corrected chi connectivity index (χ4v) is 3.14. The van der Waals surface area contributed by atoms with Gasteiger partial charge in [0.05, 0.1) is 6.54 Å². The van der Waals surface area contributed by atoms with Crippen LogP contribution in [0.4, 0.5) is 0 Å². The number of rotatable bonds is 4. The first-order valence-electron chi connectivity index (χ1n) is 6.28. The highest BCUT2D eigenvalue weighted by molar-refractivity contribution is 9.10. The largest absolute Gasteiger partial charge is 0.337 e. The number of hydrogen-bond acceptors (Lipinski definition) is 2. The van der Waals surface area contributed by atoms with Crippen LogP contribution in [-0.2, 0) is 11.3 Å². The second kappa shape index (κ2) is 6.86.